The van der Waals surface area contributed by atoms with E-state index >= 15 is 0 Å². The van der Waals surface area contributed by atoms with Crippen molar-refractivity contribution in [1.29, 1.82) is 0 Å². The van der Waals surface area contributed by atoms with Crippen molar-refractivity contribution in [3.8, 4) is 0 Å². The fraction of sp³-hybridized carbons (Fsp3) is 0.533. The number of alkyl halides is 3. The summed E-state index contributed by atoms with van der Waals surface area (Å²) in [7, 11) is 0. The van der Waals surface area contributed by atoms with Crippen molar-refractivity contribution >= 4 is 5.97 Å². The number of hydrogen-bond donors (Lipinski definition) is 2. The van der Waals surface area contributed by atoms with Gasteiger partial charge in [-0.15, -0.1) is 0 Å². The van der Waals surface area contributed by atoms with Gasteiger partial charge in [0.25, 0.3) is 0 Å². The Morgan fingerprint density at radius 3 is 2.41 bits per heavy atom. The molecule has 3 nitrogen and oxygen atoms in total. The van der Waals surface area contributed by atoms with Gasteiger partial charge in [-0.2, -0.15) is 13.2 Å². The molecule has 0 heterocycles. The standard InChI is InChI=1S/C15H19F4NO2/c1-9(2)3-11(14(21)22)8-20-7-10-4-12(15(17,18)19)6-13(16)5-10/h4-6,9,11,20H,3,7-8H2,1-2H3,(H,21,22). The number of carbonyl (C=O) groups is 1. The molecule has 0 amide bonds. The summed E-state index contributed by atoms with van der Waals surface area (Å²) in [4.78, 5) is 11.1. The van der Waals surface area contributed by atoms with Gasteiger partial charge in [0.1, 0.15) is 5.82 Å². The van der Waals surface area contributed by atoms with Crippen molar-refractivity contribution in [3.63, 3.8) is 0 Å². The summed E-state index contributed by atoms with van der Waals surface area (Å²) in [5.74, 6) is -2.37. The van der Waals surface area contributed by atoms with Crippen LogP contribution in [-0.2, 0) is 17.5 Å². The summed E-state index contributed by atoms with van der Waals surface area (Å²) >= 11 is 0. The molecule has 0 aromatic heterocycles. The molecule has 0 fully saturated rings. The molecule has 22 heavy (non-hydrogen) atoms. The quantitative estimate of drug-likeness (QED) is 0.753. The highest BCUT2D eigenvalue weighted by atomic mass is 19.4. The largest absolute Gasteiger partial charge is 0.481 e. The molecule has 0 bridgehead atoms. The van der Waals surface area contributed by atoms with Crippen LogP contribution in [0.1, 0.15) is 31.4 Å². The summed E-state index contributed by atoms with van der Waals surface area (Å²) in [5.41, 5.74) is -0.928. The zero-order valence-corrected chi connectivity index (χ0v) is 12.4. The molecule has 0 radical (unpaired) electrons. The van der Waals surface area contributed by atoms with Crippen LogP contribution >= 0.6 is 0 Å². The van der Waals surface area contributed by atoms with Crippen LogP contribution in [0.5, 0.6) is 0 Å². The minimum absolute atomic E-state index is 0.0251. The van der Waals surface area contributed by atoms with E-state index in [1.165, 1.54) is 0 Å². The van der Waals surface area contributed by atoms with Crippen molar-refractivity contribution in [1.82, 2.24) is 5.32 Å². The second-order valence-corrected chi connectivity index (χ2v) is 5.64. The number of carboxylic acid groups (broad SMARTS) is 1. The smallest absolute Gasteiger partial charge is 0.416 e. The summed E-state index contributed by atoms with van der Waals surface area (Å²) in [6.45, 7) is 3.87. The second-order valence-electron chi connectivity index (χ2n) is 5.64. The molecule has 1 aromatic carbocycles. The number of carboxylic acids is 1. The normalized spacial score (nSPS) is 13.4. The van der Waals surface area contributed by atoms with Crippen molar-refractivity contribution in [2.24, 2.45) is 11.8 Å². The Morgan fingerprint density at radius 2 is 1.91 bits per heavy atom. The Balaban J connectivity index is 2.68. The highest BCUT2D eigenvalue weighted by Gasteiger charge is 2.31. The van der Waals surface area contributed by atoms with E-state index in [9.17, 15) is 22.4 Å². The van der Waals surface area contributed by atoms with Crippen molar-refractivity contribution in [2.75, 3.05) is 6.54 Å². The van der Waals surface area contributed by atoms with Crippen LogP contribution in [-0.4, -0.2) is 17.6 Å². The Morgan fingerprint density at radius 1 is 1.27 bits per heavy atom. The van der Waals surface area contributed by atoms with Gasteiger partial charge in [0.15, 0.2) is 0 Å². The van der Waals surface area contributed by atoms with E-state index < -0.39 is 29.4 Å². The molecule has 124 valence electrons. The third-order valence-corrected chi connectivity index (χ3v) is 3.11. The number of hydrogen-bond acceptors (Lipinski definition) is 2. The number of aliphatic carboxylic acids is 1. The number of benzene rings is 1. The zero-order chi connectivity index (χ0) is 16.9. The Bertz CT molecular complexity index is 515. The molecule has 0 spiro atoms. The van der Waals surface area contributed by atoms with Gasteiger partial charge in [-0.3, -0.25) is 4.79 Å². The number of nitrogens with one attached hydrogen (secondary N) is 1. The van der Waals surface area contributed by atoms with E-state index in [1.54, 1.807) is 0 Å². The Hall–Kier alpha value is -1.63. The predicted octanol–water partition coefficient (Wildman–Crippen LogP) is 3.68. The molecule has 7 heteroatoms. The van der Waals surface area contributed by atoms with E-state index in [1.807, 2.05) is 13.8 Å². The van der Waals surface area contributed by atoms with Gasteiger partial charge in [0, 0.05) is 13.1 Å². The lowest BCUT2D eigenvalue weighted by Crippen LogP contribution is -2.29. The topological polar surface area (TPSA) is 49.3 Å². The first kappa shape index (κ1) is 18.4. The monoisotopic (exact) mass is 321 g/mol. The third kappa shape index (κ3) is 6.01. The van der Waals surface area contributed by atoms with Crippen LogP contribution in [0.4, 0.5) is 17.6 Å². The summed E-state index contributed by atoms with van der Waals surface area (Å²) < 4.78 is 51.0. The van der Waals surface area contributed by atoms with Gasteiger partial charge in [-0.1, -0.05) is 13.8 Å². The van der Waals surface area contributed by atoms with Crippen LogP contribution in [0.3, 0.4) is 0 Å². The van der Waals surface area contributed by atoms with Crippen LogP contribution < -0.4 is 5.32 Å². The fourth-order valence-corrected chi connectivity index (χ4v) is 2.15. The van der Waals surface area contributed by atoms with Crippen LogP contribution in [0, 0.1) is 17.7 Å². The summed E-state index contributed by atoms with van der Waals surface area (Å²) in [6, 6.07) is 2.29. The molecule has 2 N–H and O–H groups in total. The minimum Gasteiger partial charge on any atom is -0.481 e. The molecule has 1 atom stereocenters. The van der Waals surface area contributed by atoms with Gasteiger partial charge in [0.05, 0.1) is 11.5 Å². The molecule has 0 aliphatic rings. The first-order chi connectivity index (χ1) is 10.1. The molecule has 0 saturated carbocycles. The first-order valence-corrected chi connectivity index (χ1v) is 6.89. The molecule has 0 aliphatic heterocycles. The average molecular weight is 321 g/mol. The highest BCUT2D eigenvalue weighted by molar-refractivity contribution is 5.70. The molecular weight excluding hydrogens is 302 g/mol. The molecular formula is C15H19F4NO2. The number of rotatable bonds is 7. The van der Waals surface area contributed by atoms with Crippen molar-refractivity contribution in [3.05, 3.63) is 35.1 Å². The average Bonchev–Trinajstić information content (AvgIpc) is 2.35. The maximum absolute atomic E-state index is 13.2. The summed E-state index contributed by atoms with van der Waals surface area (Å²) in [6.07, 6.45) is -4.16. The second kappa shape index (κ2) is 7.58. The summed E-state index contributed by atoms with van der Waals surface area (Å²) in [5, 5.41) is 11.8. The lowest BCUT2D eigenvalue weighted by molar-refractivity contribution is -0.142. The molecule has 1 unspecified atom stereocenters. The lowest BCUT2D eigenvalue weighted by atomic mass is 9.97. The zero-order valence-electron chi connectivity index (χ0n) is 12.4. The van der Waals surface area contributed by atoms with E-state index in [2.05, 4.69) is 5.32 Å². The van der Waals surface area contributed by atoms with Gasteiger partial charge < -0.3 is 10.4 Å². The Kier molecular flexibility index (Phi) is 6.34. The first-order valence-electron chi connectivity index (χ1n) is 6.89. The lowest BCUT2D eigenvalue weighted by Gasteiger charge is -2.16. The van der Waals surface area contributed by atoms with Gasteiger partial charge >= 0.3 is 12.1 Å². The van der Waals surface area contributed by atoms with Crippen LogP contribution in [0.2, 0.25) is 0 Å². The van der Waals surface area contributed by atoms with Gasteiger partial charge in [0.2, 0.25) is 0 Å². The van der Waals surface area contributed by atoms with E-state index in [-0.39, 0.29) is 24.6 Å². The highest BCUT2D eigenvalue weighted by Crippen LogP contribution is 2.30. The van der Waals surface area contributed by atoms with E-state index in [0.29, 0.717) is 12.5 Å². The maximum atomic E-state index is 13.2. The third-order valence-electron chi connectivity index (χ3n) is 3.11. The Labute approximate surface area is 126 Å². The van der Waals surface area contributed by atoms with Crippen molar-refractivity contribution in [2.45, 2.75) is 33.0 Å². The predicted molar refractivity (Wildman–Crippen MR) is 73.7 cm³/mol. The van der Waals surface area contributed by atoms with Crippen LogP contribution in [0.15, 0.2) is 18.2 Å². The van der Waals surface area contributed by atoms with Gasteiger partial charge in [-0.05, 0) is 36.1 Å². The molecule has 0 aliphatic carbocycles. The number of halogens is 4. The molecule has 1 aromatic rings. The van der Waals surface area contributed by atoms with Crippen LogP contribution in [0.25, 0.3) is 0 Å². The SMILES string of the molecule is CC(C)CC(CNCc1cc(F)cc(C(F)(F)F)c1)C(=O)O. The fourth-order valence-electron chi connectivity index (χ4n) is 2.15. The molecule has 1 rings (SSSR count). The minimum atomic E-state index is -4.61. The maximum Gasteiger partial charge on any atom is 0.416 e. The van der Waals surface area contributed by atoms with Crippen molar-refractivity contribution < 1.29 is 27.5 Å². The van der Waals surface area contributed by atoms with E-state index in [0.717, 1.165) is 12.1 Å². The van der Waals surface area contributed by atoms with E-state index in [4.69, 9.17) is 5.11 Å². The molecule has 0 saturated heterocycles. The van der Waals surface area contributed by atoms with Gasteiger partial charge in [-0.25, -0.2) is 4.39 Å².